The van der Waals surface area contributed by atoms with Gasteiger partial charge in [-0.15, -0.1) is 15.3 Å². The average Bonchev–Trinajstić information content (AvgIpc) is 3.57. The molecule has 0 bridgehead atoms. The van der Waals surface area contributed by atoms with Crippen molar-refractivity contribution < 1.29 is 31.9 Å². The largest absolute Gasteiger partial charge is 0.433 e. The Labute approximate surface area is 235 Å². The SMILES string of the molecule is CC(F)(F)Oc1ccc(F)c(CNC(=O)c2cn(C[C@@H](F)CCc3nnc(NC(=O)Cc4ccccn4)s3)nn2)c1. The van der Waals surface area contributed by atoms with E-state index in [9.17, 15) is 27.2 Å². The molecule has 4 rings (SSSR count). The standard InChI is InChI=1S/C25H24F4N8O3S/c1-25(28,29)40-18-6-7-19(27)15(10-18)12-31-23(39)20-14-37(36-33-20)13-16(26)5-8-22-34-35-24(41-22)32-21(38)11-17-4-2-3-9-30-17/h2-4,6-7,9-10,14,16H,5,8,11-13H2,1H3,(H,31,39)(H,32,35,38)/t16-/m0/s1. The summed E-state index contributed by atoms with van der Waals surface area (Å²) in [5.41, 5.74) is 0.392. The van der Waals surface area contributed by atoms with Crippen LogP contribution in [0.4, 0.5) is 22.7 Å². The Bertz CT molecular complexity index is 1480. The van der Waals surface area contributed by atoms with Crippen LogP contribution in [0.5, 0.6) is 5.75 Å². The number of nitrogens with zero attached hydrogens (tertiary/aromatic N) is 6. The predicted octanol–water partition coefficient (Wildman–Crippen LogP) is 3.74. The second-order valence-electron chi connectivity index (χ2n) is 8.85. The molecule has 0 spiro atoms. The fourth-order valence-corrected chi connectivity index (χ4v) is 4.30. The summed E-state index contributed by atoms with van der Waals surface area (Å²) in [6.07, 6.45) is -1.57. The van der Waals surface area contributed by atoms with E-state index in [4.69, 9.17) is 0 Å². The van der Waals surface area contributed by atoms with Gasteiger partial charge >= 0.3 is 6.11 Å². The molecule has 41 heavy (non-hydrogen) atoms. The number of amides is 2. The molecule has 3 aromatic heterocycles. The van der Waals surface area contributed by atoms with E-state index < -0.39 is 24.0 Å². The molecular weight excluding hydrogens is 568 g/mol. The number of hydrogen-bond acceptors (Lipinski definition) is 9. The minimum Gasteiger partial charge on any atom is -0.433 e. The molecule has 0 aliphatic carbocycles. The van der Waals surface area contributed by atoms with Crippen LogP contribution in [0.2, 0.25) is 0 Å². The zero-order valence-corrected chi connectivity index (χ0v) is 22.4. The first-order valence-corrected chi connectivity index (χ1v) is 13.1. The van der Waals surface area contributed by atoms with Crippen molar-refractivity contribution in [3.8, 4) is 5.75 Å². The minimum absolute atomic E-state index is 0.0758. The number of aryl methyl sites for hydroxylation is 1. The van der Waals surface area contributed by atoms with Gasteiger partial charge in [0.05, 0.1) is 19.2 Å². The number of pyridine rings is 1. The first-order chi connectivity index (χ1) is 19.5. The molecule has 0 fully saturated rings. The van der Waals surface area contributed by atoms with Crippen molar-refractivity contribution in [2.24, 2.45) is 0 Å². The molecule has 1 aromatic carbocycles. The van der Waals surface area contributed by atoms with Crippen LogP contribution in [0.25, 0.3) is 0 Å². The number of carbonyl (C=O) groups excluding carboxylic acids is 2. The Morgan fingerprint density at radius 1 is 1.17 bits per heavy atom. The molecule has 0 saturated heterocycles. The summed E-state index contributed by atoms with van der Waals surface area (Å²) < 4.78 is 60.3. The highest BCUT2D eigenvalue weighted by Gasteiger charge is 2.24. The van der Waals surface area contributed by atoms with E-state index >= 15 is 0 Å². The normalized spacial score (nSPS) is 12.1. The number of nitrogens with one attached hydrogen (secondary N) is 2. The fraction of sp³-hybridized carbons (Fsp3) is 0.320. The Morgan fingerprint density at radius 2 is 2.00 bits per heavy atom. The Hall–Kier alpha value is -4.47. The van der Waals surface area contributed by atoms with E-state index in [1.807, 2.05) is 0 Å². The van der Waals surface area contributed by atoms with Gasteiger partial charge in [-0.1, -0.05) is 22.6 Å². The maximum absolute atomic E-state index is 14.6. The summed E-state index contributed by atoms with van der Waals surface area (Å²) in [6.45, 7) is 0.0263. The maximum atomic E-state index is 14.6. The van der Waals surface area contributed by atoms with Crippen molar-refractivity contribution in [2.45, 2.75) is 51.6 Å². The van der Waals surface area contributed by atoms with Crippen LogP contribution in [-0.4, -0.2) is 54.3 Å². The Morgan fingerprint density at radius 3 is 2.76 bits per heavy atom. The van der Waals surface area contributed by atoms with Crippen LogP contribution >= 0.6 is 11.3 Å². The third-order valence-corrected chi connectivity index (χ3v) is 6.26. The second kappa shape index (κ2) is 13.3. The monoisotopic (exact) mass is 592 g/mol. The lowest BCUT2D eigenvalue weighted by Crippen LogP contribution is -2.24. The second-order valence-corrected chi connectivity index (χ2v) is 9.92. The highest BCUT2D eigenvalue weighted by Crippen LogP contribution is 2.23. The lowest BCUT2D eigenvalue weighted by molar-refractivity contribution is -0.159. The molecule has 4 aromatic rings. The third-order valence-electron chi connectivity index (χ3n) is 5.36. The van der Waals surface area contributed by atoms with E-state index in [-0.39, 0.29) is 55.3 Å². The first-order valence-electron chi connectivity index (χ1n) is 12.2. The van der Waals surface area contributed by atoms with Gasteiger partial charge in [0, 0.05) is 37.3 Å². The van der Waals surface area contributed by atoms with Crippen molar-refractivity contribution in [3.05, 3.63) is 76.6 Å². The van der Waals surface area contributed by atoms with E-state index in [0.717, 1.165) is 34.2 Å². The maximum Gasteiger partial charge on any atom is 0.394 e. The van der Waals surface area contributed by atoms with Crippen LogP contribution in [0, 0.1) is 5.82 Å². The van der Waals surface area contributed by atoms with Gasteiger partial charge in [-0.2, -0.15) is 8.78 Å². The van der Waals surface area contributed by atoms with Crippen molar-refractivity contribution in [1.82, 2.24) is 35.5 Å². The molecule has 0 aliphatic heterocycles. The Kier molecular flexibility index (Phi) is 9.54. The highest BCUT2D eigenvalue weighted by molar-refractivity contribution is 7.15. The zero-order chi connectivity index (χ0) is 29.4. The molecule has 216 valence electrons. The molecule has 0 aliphatic rings. The molecule has 2 N–H and O–H groups in total. The summed E-state index contributed by atoms with van der Waals surface area (Å²) >= 11 is 1.14. The molecule has 3 heterocycles. The molecule has 16 heteroatoms. The highest BCUT2D eigenvalue weighted by atomic mass is 32.1. The number of aromatic nitrogens is 6. The number of alkyl halides is 3. The minimum atomic E-state index is -3.45. The lowest BCUT2D eigenvalue weighted by atomic mass is 10.2. The molecule has 11 nitrogen and oxygen atoms in total. The number of rotatable bonds is 13. The molecular formula is C25H24F4N8O3S. The number of carbonyl (C=O) groups is 2. The quantitative estimate of drug-likeness (QED) is 0.224. The van der Waals surface area contributed by atoms with Crippen LogP contribution in [0.15, 0.2) is 48.8 Å². The van der Waals surface area contributed by atoms with E-state index in [1.165, 1.54) is 6.20 Å². The van der Waals surface area contributed by atoms with Gasteiger partial charge in [-0.3, -0.25) is 14.6 Å². The summed E-state index contributed by atoms with van der Waals surface area (Å²) in [5.74, 6) is -2.01. The van der Waals surface area contributed by atoms with Gasteiger partial charge in [-0.25, -0.2) is 13.5 Å². The van der Waals surface area contributed by atoms with Crippen LogP contribution in [-0.2, 0) is 30.7 Å². The zero-order valence-electron chi connectivity index (χ0n) is 21.6. The fourth-order valence-electron chi connectivity index (χ4n) is 3.52. The summed E-state index contributed by atoms with van der Waals surface area (Å²) in [7, 11) is 0. The van der Waals surface area contributed by atoms with Gasteiger partial charge in [0.25, 0.3) is 5.91 Å². The molecule has 1 atom stereocenters. The smallest absolute Gasteiger partial charge is 0.394 e. The summed E-state index contributed by atoms with van der Waals surface area (Å²) in [4.78, 5) is 28.6. The number of halogens is 4. The van der Waals surface area contributed by atoms with Crippen molar-refractivity contribution in [1.29, 1.82) is 0 Å². The first kappa shape index (κ1) is 29.5. The molecule has 0 radical (unpaired) electrons. The van der Waals surface area contributed by atoms with Gasteiger partial charge < -0.3 is 15.4 Å². The molecule has 0 unspecified atom stereocenters. The van der Waals surface area contributed by atoms with E-state index in [1.54, 1.807) is 24.4 Å². The number of hydrogen-bond donors (Lipinski definition) is 2. The third kappa shape index (κ3) is 9.30. The van der Waals surface area contributed by atoms with Gasteiger partial charge in [-0.05, 0) is 36.8 Å². The predicted molar refractivity (Wildman–Crippen MR) is 139 cm³/mol. The number of benzene rings is 1. The topological polar surface area (TPSA) is 137 Å². The van der Waals surface area contributed by atoms with E-state index in [0.29, 0.717) is 22.8 Å². The van der Waals surface area contributed by atoms with Crippen LogP contribution in [0.1, 0.15) is 40.1 Å². The molecule has 0 saturated carbocycles. The van der Waals surface area contributed by atoms with Crippen molar-refractivity contribution in [2.75, 3.05) is 5.32 Å². The van der Waals surface area contributed by atoms with Crippen molar-refractivity contribution in [3.63, 3.8) is 0 Å². The van der Waals surface area contributed by atoms with Gasteiger partial charge in [0.15, 0.2) is 5.69 Å². The number of anilines is 1. The van der Waals surface area contributed by atoms with Crippen LogP contribution in [0.3, 0.4) is 0 Å². The van der Waals surface area contributed by atoms with Crippen molar-refractivity contribution >= 4 is 28.3 Å². The average molecular weight is 593 g/mol. The summed E-state index contributed by atoms with van der Waals surface area (Å²) in [5, 5.41) is 21.2. The van der Waals surface area contributed by atoms with Gasteiger partial charge in [0.2, 0.25) is 11.0 Å². The lowest BCUT2D eigenvalue weighted by Gasteiger charge is -2.14. The number of ether oxygens (including phenoxy) is 1. The van der Waals surface area contributed by atoms with Gasteiger partial charge in [0.1, 0.15) is 22.7 Å². The van der Waals surface area contributed by atoms with E-state index in [2.05, 4.69) is 40.9 Å². The summed E-state index contributed by atoms with van der Waals surface area (Å²) in [6, 6.07) is 8.31. The molecule has 2 amide bonds. The van der Waals surface area contributed by atoms with Crippen LogP contribution < -0.4 is 15.4 Å². The Balaban J connectivity index is 1.21.